The monoisotopic (exact) mass is 1120 g/mol. The van der Waals surface area contributed by atoms with Crippen molar-refractivity contribution in [3.8, 4) is 10.4 Å². The number of carbonyl (C=O) groups excluding carboxylic acids is 4. The number of aryl methyl sites for hydroxylation is 1. The number of amides is 4. The molecule has 2 saturated heterocycles. The molecule has 0 radical (unpaired) electrons. The third kappa shape index (κ3) is 16.0. The number of β-amino-alcohol motifs (C(OH)–C–C–N with tert-alkyl or cyclic N) is 1. The van der Waals surface area contributed by atoms with Gasteiger partial charge >= 0.3 is 6.18 Å². The van der Waals surface area contributed by atoms with E-state index in [1.807, 2.05) is 68.7 Å². The number of piperazine rings is 1. The summed E-state index contributed by atoms with van der Waals surface area (Å²) in [4.78, 5) is 70.2. The van der Waals surface area contributed by atoms with Crippen LogP contribution in [0.3, 0.4) is 0 Å². The maximum Gasteiger partial charge on any atom is 0.416 e. The van der Waals surface area contributed by atoms with E-state index in [0.29, 0.717) is 31.9 Å². The van der Waals surface area contributed by atoms with Crippen LogP contribution in [0.1, 0.15) is 91.7 Å². The Kier molecular flexibility index (Phi) is 20.3. The fraction of sp³-hybridized carbons (Fsp3) is 0.544. The second-order valence-electron chi connectivity index (χ2n) is 21.9. The van der Waals surface area contributed by atoms with Gasteiger partial charge < -0.3 is 44.5 Å². The number of halogens is 3. The Morgan fingerprint density at radius 2 is 1.53 bits per heavy atom. The molecule has 8 rings (SSSR count). The highest BCUT2D eigenvalue weighted by molar-refractivity contribution is 7.13. The van der Waals surface area contributed by atoms with Crippen molar-refractivity contribution < 1.29 is 56.8 Å². The molecular weight excluding hydrogens is 1040 g/mol. The van der Waals surface area contributed by atoms with Crippen molar-refractivity contribution in [3.63, 3.8) is 0 Å². The summed E-state index contributed by atoms with van der Waals surface area (Å²) in [5, 5.41) is 28.9. The molecule has 1 unspecified atom stereocenters. The van der Waals surface area contributed by atoms with E-state index < -0.39 is 53.1 Å². The van der Waals surface area contributed by atoms with Crippen molar-refractivity contribution >= 4 is 51.9 Å². The SMILES string of the molecule is Cc1ncsc1-c1ccc(CNC(=O)[C@@H]2C[C@@H](O)CN2C(=O)C(NC(=O)COCCOCCOCCN2CCN(Cc3ccc4c(c3)nc(NC(=O)c3cccc(C(F)(F)F)c3)n4C3CCC(CO)CC3)CC2)C(C)(C)C)cc1. The van der Waals surface area contributed by atoms with Crippen LogP contribution in [0.15, 0.2) is 72.2 Å². The van der Waals surface area contributed by atoms with Crippen LogP contribution in [-0.2, 0) is 47.9 Å². The number of nitrogens with one attached hydrogen (secondary N) is 3. The van der Waals surface area contributed by atoms with E-state index in [4.69, 9.17) is 19.2 Å². The summed E-state index contributed by atoms with van der Waals surface area (Å²) < 4.78 is 59.5. The van der Waals surface area contributed by atoms with Crippen molar-refractivity contribution in [2.45, 2.75) is 103 Å². The lowest BCUT2D eigenvalue weighted by Crippen LogP contribution is -2.58. The molecule has 2 aliphatic heterocycles. The molecule has 2 aromatic heterocycles. The molecule has 4 amide bonds. The number of carbonyl (C=O) groups is 4. The molecule has 0 bridgehead atoms. The van der Waals surface area contributed by atoms with Gasteiger partial charge in [0, 0.05) is 77.0 Å². The number of aliphatic hydroxyl groups is 2. The summed E-state index contributed by atoms with van der Waals surface area (Å²) in [6, 6.07) is 16.4. The molecule has 18 nitrogen and oxygen atoms in total. The van der Waals surface area contributed by atoms with Crippen LogP contribution in [0.25, 0.3) is 21.5 Å². The number of ether oxygens (including phenoxy) is 3. The topological polar surface area (TPSA) is 213 Å². The summed E-state index contributed by atoms with van der Waals surface area (Å²) in [5.41, 5.74) is 5.53. The van der Waals surface area contributed by atoms with Crippen molar-refractivity contribution in [3.05, 3.63) is 100 Å². The normalized spacial score (nSPS) is 19.9. The molecule has 0 spiro atoms. The summed E-state index contributed by atoms with van der Waals surface area (Å²) >= 11 is 1.57. The first-order valence-corrected chi connectivity index (χ1v) is 28.1. The van der Waals surface area contributed by atoms with Gasteiger partial charge in [-0.2, -0.15) is 13.2 Å². The number of likely N-dealkylation sites (tertiary alicyclic amines) is 1. The zero-order chi connectivity index (χ0) is 56.3. The van der Waals surface area contributed by atoms with Gasteiger partial charge in [0.2, 0.25) is 23.7 Å². The van der Waals surface area contributed by atoms with E-state index in [1.165, 1.54) is 17.0 Å². The maximum absolute atomic E-state index is 14.0. The standard InChI is InChI=1S/C57H74F3N9O9S/c1-37-50(79-36-62-37)41-13-8-38(9-14-41)31-61-53(74)48-30-45(71)33-68(48)54(75)51(56(2,3)4)64-49(72)35-78-27-26-77-25-24-76-23-22-66-18-20-67(21-19-66)32-40-12-17-47-46(28-40)63-55(69(47)44-15-10-39(34-70)11-16-44)65-52(73)42-6-5-7-43(29-42)57(58,59)60/h5-9,12-14,17,28-29,36,39,44-45,48,51,70-71H,10-11,15-16,18-27,30-35H2,1-4H3,(H,61,74)(H,64,72)(H,63,65,73)/t39?,44?,45-,48+,51?/m1/s1. The zero-order valence-corrected chi connectivity index (χ0v) is 46.3. The number of alkyl halides is 3. The van der Waals surface area contributed by atoms with Gasteiger partial charge in [-0.25, -0.2) is 9.97 Å². The average Bonchev–Trinajstić information content (AvgIpc) is 4.39. The smallest absolute Gasteiger partial charge is 0.396 e. The first-order chi connectivity index (χ1) is 37.8. The van der Waals surface area contributed by atoms with Gasteiger partial charge in [-0.1, -0.05) is 57.2 Å². The summed E-state index contributed by atoms with van der Waals surface area (Å²) in [5.74, 6) is -1.51. The lowest BCUT2D eigenvalue weighted by molar-refractivity contribution is -0.144. The fourth-order valence-corrected chi connectivity index (χ4v) is 11.3. The van der Waals surface area contributed by atoms with Crippen LogP contribution in [0, 0.1) is 18.3 Å². The minimum Gasteiger partial charge on any atom is -0.396 e. The average molecular weight is 1120 g/mol. The number of thiazole rings is 1. The first kappa shape index (κ1) is 59.3. The van der Waals surface area contributed by atoms with E-state index in [-0.39, 0.29) is 75.3 Å². The van der Waals surface area contributed by atoms with Gasteiger partial charge in [0.05, 0.1) is 71.8 Å². The predicted octanol–water partition coefficient (Wildman–Crippen LogP) is 6.44. The van der Waals surface area contributed by atoms with Gasteiger partial charge in [0.15, 0.2) is 0 Å². The van der Waals surface area contributed by atoms with Crippen molar-refractivity contribution in [1.29, 1.82) is 0 Å². The minimum absolute atomic E-state index is 0.000751. The molecule has 3 aliphatic rings. The number of aromatic nitrogens is 3. The molecule has 22 heteroatoms. The van der Waals surface area contributed by atoms with Gasteiger partial charge in [0.1, 0.15) is 18.7 Å². The third-order valence-corrected chi connectivity index (χ3v) is 16.0. The number of hydrogen-bond donors (Lipinski definition) is 5. The number of rotatable bonds is 23. The molecular formula is C57H74F3N9O9S. The highest BCUT2D eigenvalue weighted by Crippen LogP contribution is 2.38. The van der Waals surface area contributed by atoms with Crippen LogP contribution in [0.4, 0.5) is 19.1 Å². The lowest BCUT2D eigenvalue weighted by Gasteiger charge is -2.35. The molecule has 428 valence electrons. The van der Waals surface area contributed by atoms with Gasteiger partial charge in [-0.15, -0.1) is 11.3 Å². The zero-order valence-electron chi connectivity index (χ0n) is 45.4. The Hall–Kier alpha value is -5.85. The first-order valence-electron chi connectivity index (χ1n) is 27.2. The number of fused-ring (bicyclic) bond motifs is 1. The summed E-state index contributed by atoms with van der Waals surface area (Å²) in [6.07, 6.45) is -2.21. The number of aliphatic hydroxyl groups excluding tert-OH is 2. The number of nitrogens with zero attached hydrogens (tertiary/aromatic N) is 6. The molecule has 4 heterocycles. The van der Waals surface area contributed by atoms with E-state index in [1.54, 1.807) is 16.8 Å². The molecule has 1 saturated carbocycles. The Labute approximate surface area is 463 Å². The molecule has 79 heavy (non-hydrogen) atoms. The maximum atomic E-state index is 14.0. The number of imidazole rings is 1. The van der Waals surface area contributed by atoms with Crippen molar-refractivity contribution in [1.82, 2.24) is 39.9 Å². The largest absolute Gasteiger partial charge is 0.416 e. The lowest BCUT2D eigenvalue weighted by atomic mass is 9.85. The fourth-order valence-electron chi connectivity index (χ4n) is 10.5. The summed E-state index contributed by atoms with van der Waals surface area (Å²) in [7, 11) is 0. The number of anilines is 1. The highest BCUT2D eigenvalue weighted by atomic mass is 32.1. The molecule has 3 fully saturated rings. The number of hydrogen-bond acceptors (Lipinski definition) is 14. The Morgan fingerprint density at radius 1 is 0.848 bits per heavy atom. The van der Waals surface area contributed by atoms with E-state index in [2.05, 4.69) is 36.8 Å². The Balaban J connectivity index is 0.708. The van der Waals surface area contributed by atoms with E-state index in [9.17, 15) is 42.6 Å². The predicted molar refractivity (Wildman–Crippen MR) is 293 cm³/mol. The van der Waals surface area contributed by atoms with E-state index in [0.717, 1.165) is 103 Å². The van der Waals surface area contributed by atoms with Crippen LogP contribution < -0.4 is 16.0 Å². The van der Waals surface area contributed by atoms with Crippen LogP contribution >= 0.6 is 11.3 Å². The Bertz CT molecular complexity index is 2840. The van der Waals surface area contributed by atoms with Crippen LogP contribution in [-0.4, -0.2) is 167 Å². The van der Waals surface area contributed by atoms with Gasteiger partial charge in [-0.3, -0.25) is 34.3 Å². The second kappa shape index (κ2) is 27.1. The quantitative estimate of drug-likeness (QED) is 0.0447. The van der Waals surface area contributed by atoms with Crippen LogP contribution in [0.5, 0.6) is 0 Å². The van der Waals surface area contributed by atoms with Gasteiger partial charge in [0.25, 0.3) is 5.91 Å². The summed E-state index contributed by atoms with van der Waals surface area (Å²) in [6.45, 7) is 14.0. The van der Waals surface area contributed by atoms with Crippen LogP contribution in [0.2, 0.25) is 0 Å². The van der Waals surface area contributed by atoms with E-state index >= 15 is 0 Å². The van der Waals surface area contributed by atoms with Crippen molar-refractivity contribution in [2.75, 3.05) is 90.8 Å². The second-order valence-corrected chi connectivity index (χ2v) is 22.7. The molecule has 5 N–H and O–H groups in total. The molecule has 5 aromatic rings. The highest BCUT2D eigenvalue weighted by Gasteiger charge is 2.44. The minimum atomic E-state index is -4.58. The molecule has 1 aliphatic carbocycles. The van der Waals surface area contributed by atoms with Crippen molar-refractivity contribution in [2.24, 2.45) is 11.3 Å². The van der Waals surface area contributed by atoms with Gasteiger partial charge in [-0.05, 0) is 91.0 Å². The number of benzene rings is 3. The molecule has 3 aromatic carbocycles. The third-order valence-electron chi connectivity index (χ3n) is 15.0. The molecule has 3 atom stereocenters. The Morgan fingerprint density at radius 3 is 2.20 bits per heavy atom.